The lowest BCUT2D eigenvalue weighted by atomic mass is 9.84. The molecule has 1 aromatic carbocycles. The number of benzene rings is 1. The van der Waals surface area contributed by atoms with Crippen molar-refractivity contribution in [2.24, 2.45) is 5.41 Å². The molecule has 0 aliphatic carbocycles. The van der Waals surface area contributed by atoms with Crippen LogP contribution >= 0.6 is 0 Å². The van der Waals surface area contributed by atoms with Crippen LogP contribution in [-0.2, 0) is 0 Å². The highest BCUT2D eigenvalue weighted by Crippen LogP contribution is 2.28. The third kappa shape index (κ3) is 3.93. The summed E-state index contributed by atoms with van der Waals surface area (Å²) in [6, 6.07) is 6.19. The van der Waals surface area contributed by atoms with Crippen molar-refractivity contribution in [1.29, 1.82) is 5.26 Å². The van der Waals surface area contributed by atoms with Gasteiger partial charge in [0.2, 0.25) is 0 Å². The molecule has 2 N–H and O–H groups in total. The minimum Gasteiger partial charge on any atom is -0.396 e. The van der Waals surface area contributed by atoms with Crippen LogP contribution in [0.1, 0.15) is 32.8 Å². The topological polar surface area (TPSA) is 99.2 Å². The van der Waals surface area contributed by atoms with Crippen molar-refractivity contribution in [3.8, 4) is 6.07 Å². The summed E-state index contributed by atoms with van der Waals surface area (Å²) in [7, 11) is 0. The predicted octanol–water partition coefficient (Wildman–Crippen LogP) is 2.68. The SMILES string of the molecule is CC(C)(C)C(CCO)Nc1ccc([N+](=O)[O-])c(C#N)c1. The van der Waals surface area contributed by atoms with E-state index < -0.39 is 4.92 Å². The van der Waals surface area contributed by atoms with Crippen LogP contribution < -0.4 is 5.32 Å². The molecule has 0 bridgehead atoms. The van der Waals surface area contributed by atoms with Gasteiger partial charge in [-0.25, -0.2) is 0 Å². The number of anilines is 1. The van der Waals surface area contributed by atoms with Crippen LogP contribution in [-0.4, -0.2) is 22.7 Å². The molecule has 0 aliphatic heterocycles. The van der Waals surface area contributed by atoms with Crippen LogP contribution in [0.5, 0.6) is 0 Å². The molecule has 0 aromatic heterocycles. The van der Waals surface area contributed by atoms with Crippen LogP contribution in [0.15, 0.2) is 18.2 Å². The van der Waals surface area contributed by atoms with Crippen LogP contribution in [0, 0.1) is 26.9 Å². The van der Waals surface area contributed by atoms with E-state index in [4.69, 9.17) is 10.4 Å². The van der Waals surface area contributed by atoms with Crippen molar-refractivity contribution in [1.82, 2.24) is 0 Å². The van der Waals surface area contributed by atoms with Gasteiger partial charge in [-0.2, -0.15) is 5.26 Å². The number of hydrogen-bond acceptors (Lipinski definition) is 5. The van der Waals surface area contributed by atoms with E-state index in [-0.39, 0.29) is 29.3 Å². The van der Waals surface area contributed by atoms with Gasteiger partial charge in [-0.1, -0.05) is 20.8 Å². The molecule has 0 amide bonds. The van der Waals surface area contributed by atoms with Gasteiger partial charge in [-0.05, 0) is 24.0 Å². The Balaban J connectivity index is 3.03. The zero-order valence-corrected chi connectivity index (χ0v) is 11.9. The standard InChI is InChI=1S/C14H19N3O3/c1-14(2,3)13(6-7-18)16-11-4-5-12(17(19)20)10(8-11)9-15/h4-5,8,13,16,18H,6-7H2,1-3H3. The number of nitro benzene ring substituents is 1. The lowest BCUT2D eigenvalue weighted by Gasteiger charge is -2.32. The first-order valence-electron chi connectivity index (χ1n) is 6.35. The van der Waals surface area contributed by atoms with E-state index in [2.05, 4.69) is 5.32 Å². The Hall–Kier alpha value is -2.13. The molecule has 1 aromatic rings. The van der Waals surface area contributed by atoms with Gasteiger partial charge in [0.1, 0.15) is 11.6 Å². The molecule has 0 aliphatic rings. The molecule has 0 spiro atoms. The minimum atomic E-state index is -0.572. The number of nitriles is 1. The lowest BCUT2D eigenvalue weighted by Crippen LogP contribution is -2.34. The Kier molecular flexibility index (Phi) is 5.06. The molecule has 1 atom stereocenters. The van der Waals surface area contributed by atoms with E-state index in [1.165, 1.54) is 12.1 Å². The first-order valence-corrected chi connectivity index (χ1v) is 6.35. The van der Waals surface area contributed by atoms with Gasteiger partial charge in [0.25, 0.3) is 5.69 Å². The summed E-state index contributed by atoms with van der Waals surface area (Å²) in [4.78, 5) is 10.2. The van der Waals surface area contributed by atoms with E-state index in [0.29, 0.717) is 12.1 Å². The second-order valence-corrected chi connectivity index (χ2v) is 5.68. The normalized spacial score (nSPS) is 12.6. The highest BCUT2D eigenvalue weighted by atomic mass is 16.6. The third-order valence-electron chi connectivity index (χ3n) is 3.12. The van der Waals surface area contributed by atoms with Gasteiger partial charge in [-0.15, -0.1) is 0 Å². The molecule has 6 nitrogen and oxygen atoms in total. The predicted molar refractivity (Wildman–Crippen MR) is 76.4 cm³/mol. The first-order chi connectivity index (χ1) is 9.29. The van der Waals surface area contributed by atoms with E-state index in [1.54, 1.807) is 6.07 Å². The number of aliphatic hydroxyl groups excluding tert-OH is 1. The van der Waals surface area contributed by atoms with Gasteiger partial charge >= 0.3 is 0 Å². The fourth-order valence-electron chi connectivity index (χ4n) is 1.93. The molecule has 0 fully saturated rings. The van der Waals surface area contributed by atoms with E-state index in [1.807, 2.05) is 26.8 Å². The van der Waals surface area contributed by atoms with Crippen LogP contribution in [0.2, 0.25) is 0 Å². The average Bonchev–Trinajstić information content (AvgIpc) is 2.36. The summed E-state index contributed by atoms with van der Waals surface area (Å²) in [6.45, 7) is 6.16. The maximum Gasteiger partial charge on any atom is 0.287 e. The molecular formula is C14H19N3O3. The number of nitrogens with one attached hydrogen (secondary N) is 1. The molecule has 0 saturated carbocycles. The molecule has 1 unspecified atom stereocenters. The largest absolute Gasteiger partial charge is 0.396 e. The third-order valence-corrected chi connectivity index (χ3v) is 3.12. The number of rotatable bonds is 5. The fraction of sp³-hybridized carbons (Fsp3) is 0.500. The first kappa shape index (κ1) is 15.9. The van der Waals surface area contributed by atoms with Crippen LogP contribution in [0.4, 0.5) is 11.4 Å². The molecular weight excluding hydrogens is 258 g/mol. The summed E-state index contributed by atoms with van der Waals surface area (Å²) < 4.78 is 0. The highest BCUT2D eigenvalue weighted by molar-refractivity contribution is 5.59. The molecule has 0 saturated heterocycles. The highest BCUT2D eigenvalue weighted by Gasteiger charge is 2.24. The van der Waals surface area contributed by atoms with Gasteiger partial charge in [-0.3, -0.25) is 10.1 Å². The number of nitrogens with zero attached hydrogens (tertiary/aromatic N) is 2. The Labute approximate surface area is 118 Å². The monoisotopic (exact) mass is 277 g/mol. The van der Waals surface area contributed by atoms with Crippen LogP contribution in [0.25, 0.3) is 0 Å². The summed E-state index contributed by atoms with van der Waals surface area (Å²) in [5.74, 6) is 0. The van der Waals surface area contributed by atoms with E-state index in [0.717, 1.165) is 0 Å². The van der Waals surface area contributed by atoms with Crippen molar-refractivity contribution in [2.45, 2.75) is 33.2 Å². The maximum atomic E-state index is 10.8. The Morgan fingerprint density at radius 1 is 1.50 bits per heavy atom. The van der Waals surface area contributed by atoms with Gasteiger partial charge < -0.3 is 10.4 Å². The smallest absolute Gasteiger partial charge is 0.287 e. The van der Waals surface area contributed by atoms with Crippen molar-refractivity contribution in [2.75, 3.05) is 11.9 Å². The average molecular weight is 277 g/mol. The zero-order chi connectivity index (χ0) is 15.3. The Bertz CT molecular complexity index is 529. The van der Waals surface area contributed by atoms with Gasteiger partial charge in [0, 0.05) is 24.4 Å². The molecule has 1 rings (SSSR count). The fourth-order valence-corrected chi connectivity index (χ4v) is 1.93. The molecule has 0 radical (unpaired) electrons. The summed E-state index contributed by atoms with van der Waals surface area (Å²) in [5.41, 5.74) is 0.377. The Morgan fingerprint density at radius 2 is 2.15 bits per heavy atom. The molecule has 20 heavy (non-hydrogen) atoms. The van der Waals surface area contributed by atoms with Crippen molar-refractivity contribution >= 4 is 11.4 Å². The van der Waals surface area contributed by atoms with Crippen molar-refractivity contribution in [3.05, 3.63) is 33.9 Å². The van der Waals surface area contributed by atoms with Gasteiger partial charge in [0.05, 0.1) is 4.92 Å². The molecule has 6 heteroatoms. The lowest BCUT2D eigenvalue weighted by molar-refractivity contribution is -0.385. The quantitative estimate of drug-likeness (QED) is 0.636. The zero-order valence-electron chi connectivity index (χ0n) is 11.9. The van der Waals surface area contributed by atoms with Gasteiger partial charge in [0.15, 0.2) is 0 Å². The maximum absolute atomic E-state index is 10.8. The van der Waals surface area contributed by atoms with E-state index >= 15 is 0 Å². The molecule has 108 valence electrons. The number of hydrogen-bond donors (Lipinski definition) is 2. The van der Waals surface area contributed by atoms with Crippen LogP contribution in [0.3, 0.4) is 0 Å². The minimum absolute atomic E-state index is 0.000462. The van der Waals surface area contributed by atoms with E-state index in [9.17, 15) is 10.1 Å². The van der Waals surface area contributed by atoms with Crippen molar-refractivity contribution < 1.29 is 10.0 Å². The summed E-state index contributed by atoms with van der Waals surface area (Å²) >= 11 is 0. The summed E-state index contributed by atoms with van der Waals surface area (Å²) in [6.07, 6.45) is 0.558. The second-order valence-electron chi connectivity index (χ2n) is 5.68. The number of aliphatic hydroxyl groups is 1. The number of nitro groups is 1. The summed E-state index contributed by atoms with van der Waals surface area (Å²) in [5, 5.41) is 32.1. The molecule has 0 heterocycles. The van der Waals surface area contributed by atoms with Crippen molar-refractivity contribution in [3.63, 3.8) is 0 Å². The Morgan fingerprint density at radius 3 is 2.60 bits per heavy atom. The second kappa shape index (κ2) is 6.35.